The van der Waals surface area contributed by atoms with Gasteiger partial charge in [-0.25, -0.2) is 14.4 Å². The Balaban J connectivity index is 1.45. The van der Waals surface area contributed by atoms with E-state index in [0.717, 1.165) is 53.7 Å². The fraction of sp³-hybridized carbons (Fsp3) is 0.333. The first-order chi connectivity index (χ1) is 15.0. The highest BCUT2D eigenvalue weighted by Gasteiger charge is 2.48. The van der Waals surface area contributed by atoms with Crippen LogP contribution >= 0.6 is 0 Å². The lowest BCUT2D eigenvalue weighted by atomic mass is 9.75. The highest BCUT2D eigenvalue weighted by atomic mass is 19.1. The van der Waals surface area contributed by atoms with Gasteiger partial charge in [-0.05, 0) is 55.7 Å². The zero-order chi connectivity index (χ0) is 21.4. The Morgan fingerprint density at radius 1 is 1.13 bits per heavy atom. The van der Waals surface area contributed by atoms with Gasteiger partial charge < -0.3 is 9.64 Å². The van der Waals surface area contributed by atoms with E-state index < -0.39 is 5.41 Å². The molecule has 0 saturated carbocycles. The number of aromatic nitrogens is 3. The van der Waals surface area contributed by atoms with Gasteiger partial charge in [-0.15, -0.1) is 0 Å². The van der Waals surface area contributed by atoms with Crippen LogP contribution in [0.4, 0.5) is 15.9 Å². The Kier molecular flexibility index (Phi) is 4.98. The number of anilines is 2. The summed E-state index contributed by atoms with van der Waals surface area (Å²) in [6, 6.07) is 12.0. The molecule has 31 heavy (non-hydrogen) atoms. The summed E-state index contributed by atoms with van der Waals surface area (Å²) in [5.41, 5.74) is 2.80. The van der Waals surface area contributed by atoms with Crippen LogP contribution in [0.5, 0.6) is 0 Å². The average molecular weight is 418 g/mol. The number of hydrogen-bond acceptors (Lipinski definition) is 6. The molecular formula is C24H23FN4O2. The fourth-order valence-electron chi connectivity index (χ4n) is 4.26. The minimum Gasteiger partial charge on any atom is -0.378 e. The molecule has 0 atom stereocenters. The molecular weight excluding hydrogens is 395 g/mol. The first-order valence-electron chi connectivity index (χ1n) is 10.5. The molecule has 0 spiro atoms. The number of rotatable bonds is 5. The monoisotopic (exact) mass is 418 g/mol. The van der Waals surface area contributed by atoms with E-state index in [4.69, 9.17) is 9.72 Å². The van der Waals surface area contributed by atoms with Crippen LogP contribution in [-0.2, 0) is 27.8 Å². The smallest absolute Gasteiger partial charge is 0.154 e. The Labute approximate surface area is 180 Å². The molecule has 0 amide bonds. The van der Waals surface area contributed by atoms with Crippen LogP contribution in [0, 0.1) is 12.7 Å². The zero-order valence-electron chi connectivity index (χ0n) is 17.3. The Bertz CT molecular complexity index is 1130. The molecule has 3 aromatic rings. The molecule has 6 nitrogen and oxygen atoms in total. The van der Waals surface area contributed by atoms with E-state index in [9.17, 15) is 9.18 Å². The third-order valence-corrected chi connectivity index (χ3v) is 6.07. The number of hydrogen-bond donors (Lipinski definition) is 0. The van der Waals surface area contributed by atoms with Crippen LogP contribution in [-0.4, -0.2) is 40.5 Å². The van der Waals surface area contributed by atoms with Crippen molar-refractivity contribution in [2.45, 2.75) is 31.6 Å². The van der Waals surface area contributed by atoms with Crippen molar-refractivity contribution < 1.29 is 13.9 Å². The molecule has 0 N–H and O–H groups in total. The number of pyridine rings is 1. The number of halogens is 1. The minimum absolute atomic E-state index is 0.0527. The van der Waals surface area contributed by atoms with Crippen molar-refractivity contribution >= 4 is 17.3 Å². The largest absolute Gasteiger partial charge is 0.378 e. The maximum atomic E-state index is 13.3. The molecule has 2 aromatic heterocycles. The van der Waals surface area contributed by atoms with Gasteiger partial charge in [-0.3, -0.25) is 9.78 Å². The lowest BCUT2D eigenvalue weighted by molar-refractivity contribution is -0.142. The number of ether oxygens (including phenoxy) is 1. The lowest BCUT2D eigenvalue weighted by Gasteiger charge is -2.40. The molecule has 0 radical (unpaired) electrons. The summed E-state index contributed by atoms with van der Waals surface area (Å²) in [4.78, 5) is 29.1. The SMILES string of the molecule is Cc1nccc(N2CCCc3nc(C4(C(=O)Cc5ccc(F)cc5)COC4)ccc32)n1. The maximum Gasteiger partial charge on any atom is 0.154 e. The number of fused-ring (bicyclic) bond motifs is 1. The number of carbonyl (C=O) groups is 1. The highest BCUT2D eigenvalue weighted by Crippen LogP contribution is 2.37. The second-order valence-corrected chi connectivity index (χ2v) is 8.18. The van der Waals surface area contributed by atoms with Crippen LogP contribution in [0.15, 0.2) is 48.7 Å². The van der Waals surface area contributed by atoms with Crippen molar-refractivity contribution in [3.05, 3.63) is 77.3 Å². The molecule has 158 valence electrons. The van der Waals surface area contributed by atoms with E-state index in [1.165, 1.54) is 12.1 Å². The number of aryl methyl sites for hydroxylation is 2. The molecule has 2 aliphatic rings. The summed E-state index contributed by atoms with van der Waals surface area (Å²) >= 11 is 0. The van der Waals surface area contributed by atoms with Crippen molar-refractivity contribution in [2.24, 2.45) is 0 Å². The molecule has 1 aromatic carbocycles. The molecule has 7 heteroatoms. The number of Topliss-reactive ketones (excluding diaryl/α,β-unsaturated/α-hetero) is 1. The third-order valence-electron chi connectivity index (χ3n) is 6.07. The van der Waals surface area contributed by atoms with Crippen molar-refractivity contribution in [3.63, 3.8) is 0 Å². The van der Waals surface area contributed by atoms with Crippen LogP contribution < -0.4 is 4.90 Å². The first kappa shape index (κ1) is 19.8. The maximum absolute atomic E-state index is 13.3. The Morgan fingerprint density at radius 3 is 2.65 bits per heavy atom. The van der Waals surface area contributed by atoms with Gasteiger partial charge in [0.1, 0.15) is 22.9 Å². The van der Waals surface area contributed by atoms with Gasteiger partial charge in [-0.2, -0.15) is 0 Å². The lowest BCUT2D eigenvalue weighted by Crippen LogP contribution is -2.54. The summed E-state index contributed by atoms with van der Waals surface area (Å²) in [6.45, 7) is 3.40. The molecule has 0 bridgehead atoms. The second kappa shape index (κ2) is 7.81. The predicted molar refractivity (Wildman–Crippen MR) is 114 cm³/mol. The molecule has 1 saturated heterocycles. The summed E-state index contributed by atoms with van der Waals surface area (Å²) in [7, 11) is 0. The van der Waals surface area contributed by atoms with Crippen LogP contribution in [0.25, 0.3) is 0 Å². The van der Waals surface area contributed by atoms with Crippen molar-refractivity contribution in [3.8, 4) is 0 Å². The van der Waals surface area contributed by atoms with Gasteiger partial charge in [0.25, 0.3) is 0 Å². The average Bonchev–Trinajstić information content (AvgIpc) is 2.74. The van der Waals surface area contributed by atoms with Gasteiger partial charge in [0.2, 0.25) is 0 Å². The molecule has 1 fully saturated rings. The van der Waals surface area contributed by atoms with Gasteiger partial charge in [0, 0.05) is 19.2 Å². The molecule has 0 aliphatic carbocycles. The van der Waals surface area contributed by atoms with Crippen LogP contribution in [0.3, 0.4) is 0 Å². The van der Waals surface area contributed by atoms with Crippen molar-refractivity contribution in [2.75, 3.05) is 24.7 Å². The first-order valence-corrected chi connectivity index (χ1v) is 10.5. The third kappa shape index (κ3) is 3.59. The summed E-state index contributed by atoms with van der Waals surface area (Å²) in [6.07, 6.45) is 3.81. The minimum atomic E-state index is -0.739. The highest BCUT2D eigenvalue weighted by molar-refractivity contribution is 5.92. The molecule has 5 rings (SSSR count). The van der Waals surface area contributed by atoms with E-state index in [0.29, 0.717) is 13.2 Å². The van der Waals surface area contributed by atoms with E-state index in [2.05, 4.69) is 14.9 Å². The van der Waals surface area contributed by atoms with E-state index in [1.54, 1.807) is 18.3 Å². The number of ketones is 1. The summed E-state index contributed by atoms with van der Waals surface area (Å²) in [5.74, 6) is 1.33. The van der Waals surface area contributed by atoms with E-state index in [-0.39, 0.29) is 18.0 Å². The van der Waals surface area contributed by atoms with Gasteiger partial charge in [0.05, 0.1) is 30.3 Å². The molecule has 4 heterocycles. The quantitative estimate of drug-likeness (QED) is 0.632. The van der Waals surface area contributed by atoms with Crippen molar-refractivity contribution in [1.82, 2.24) is 15.0 Å². The van der Waals surface area contributed by atoms with Gasteiger partial charge in [0.15, 0.2) is 5.78 Å². The Hall–Kier alpha value is -3.19. The second-order valence-electron chi connectivity index (χ2n) is 8.18. The predicted octanol–water partition coefficient (Wildman–Crippen LogP) is 3.48. The van der Waals surface area contributed by atoms with Crippen LogP contribution in [0.2, 0.25) is 0 Å². The summed E-state index contributed by atoms with van der Waals surface area (Å²) < 4.78 is 18.7. The Morgan fingerprint density at radius 2 is 1.94 bits per heavy atom. The summed E-state index contributed by atoms with van der Waals surface area (Å²) in [5, 5.41) is 0. The standard InChI is InChI=1S/C24H23FN4O2/c1-16-26-11-10-23(27-16)29-12-2-3-19-20(29)8-9-21(28-19)24(14-31-15-24)22(30)13-17-4-6-18(25)7-5-17/h4-11H,2-3,12-15H2,1H3. The van der Waals surface area contributed by atoms with Crippen LogP contribution in [0.1, 0.15) is 29.2 Å². The normalized spacial score (nSPS) is 17.0. The molecule has 2 aliphatic heterocycles. The zero-order valence-corrected chi connectivity index (χ0v) is 17.3. The van der Waals surface area contributed by atoms with Gasteiger partial charge >= 0.3 is 0 Å². The number of nitrogens with zero attached hydrogens (tertiary/aromatic N) is 4. The van der Waals surface area contributed by atoms with E-state index in [1.807, 2.05) is 25.1 Å². The molecule has 0 unspecified atom stereocenters. The van der Waals surface area contributed by atoms with Crippen molar-refractivity contribution in [1.29, 1.82) is 0 Å². The van der Waals surface area contributed by atoms with Gasteiger partial charge in [-0.1, -0.05) is 12.1 Å². The van der Waals surface area contributed by atoms with E-state index >= 15 is 0 Å². The fourth-order valence-corrected chi connectivity index (χ4v) is 4.26. The number of benzene rings is 1. The topological polar surface area (TPSA) is 68.2 Å². The number of carbonyl (C=O) groups excluding carboxylic acids is 1.